The Morgan fingerprint density at radius 2 is 2.00 bits per heavy atom. The van der Waals surface area contributed by atoms with E-state index in [-0.39, 0.29) is 0 Å². The van der Waals surface area contributed by atoms with Gasteiger partial charge in [-0.15, -0.1) is 0 Å². The minimum Gasteiger partial charge on any atom is -0.306 e. The van der Waals surface area contributed by atoms with Crippen molar-refractivity contribution < 1.29 is 0 Å². The average Bonchev–Trinajstić information content (AvgIpc) is 2.72. The van der Waals surface area contributed by atoms with Crippen LogP contribution in [-0.2, 0) is 13.6 Å². The van der Waals surface area contributed by atoms with Crippen molar-refractivity contribution in [1.29, 1.82) is 0 Å². The number of aryl methyl sites for hydroxylation is 1. The van der Waals surface area contributed by atoms with E-state index < -0.39 is 0 Å². The molecule has 0 spiro atoms. The Morgan fingerprint density at radius 3 is 2.56 bits per heavy atom. The van der Waals surface area contributed by atoms with E-state index in [1.54, 1.807) is 0 Å². The molecule has 1 aromatic heterocycles. The number of benzene rings is 1. The van der Waals surface area contributed by atoms with Gasteiger partial charge in [0, 0.05) is 30.9 Å². The first-order valence-electron chi connectivity index (χ1n) is 6.48. The van der Waals surface area contributed by atoms with Gasteiger partial charge >= 0.3 is 0 Å². The van der Waals surface area contributed by atoms with Gasteiger partial charge < -0.3 is 5.32 Å². The van der Waals surface area contributed by atoms with Crippen molar-refractivity contribution in [3.8, 4) is 0 Å². The van der Waals surface area contributed by atoms with E-state index in [0.29, 0.717) is 6.04 Å². The Hall–Kier alpha value is -1.61. The summed E-state index contributed by atoms with van der Waals surface area (Å²) in [4.78, 5) is 0. The summed E-state index contributed by atoms with van der Waals surface area (Å²) in [6.45, 7) is 5.18. The molecule has 0 radical (unpaired) electrons. The van der Waals surface area contributed by atoms with Crippen LogP contribution in [0.15, 0.2) is 36.5 Å². The quantitative estimate of drug-likeness (QED) is 0.875. The summed E-state index contributed by atoms with van der Waals surface area (Å²) in [5, 5.41) is 7.87. The highest BCUT2D eigenvalue weighted by molar-refractivity contribution is 5.20. The highest BCUT2D eigenvalue weighted by Crippen LogP contribution is 2.17. The Bertz CT molecular complexity index is 488. The molecule has 0 saturated carbocycles. The van der Waals surface area contributed by atoms with Crippen LogP contribution in [0.5, 0.6) is 0 Å². The third-order valence-electron chi connectivity index (χ3n) is 3.49. The summed E-state index contributed by atoms with van der Waals surface area (Å²) in [6.07, 6.45) is 3.03. The second kappa shape index (κ2) is 5.83. The maximum absolute atomic E-state index is 4.27. The lowest BCUT2D eigenvalue weighted by molar-refractivity contribution is 0.518. The molecule has 18 heavy (non-hydrogen) atoms. The van der Waals surface area contributed by atoms with Crippen molar-refractivity contribution in [1.82, 2.24) is 15.1 Å². The van der Waals surface area contributed by atoms with Crippen molar-refractivity contribution in [2.45, 2.75) is 32.9 Å². The second-order valence-corrected chi connectivity index (χ2v) is 4.63. The molecule has 0 bridgehead atoms. The molecular formula is C15H21N3. The zero-order valence-corrected chi connectivity index (χ0v) is 11.4. The fourth-order valence-electron chi connectivity index (χ4n) is 2.13. The van der Waals surface area contributed by atoms with Crippen LogP contribution in [0.4, 0.5) is 0 Å². The molecule has 0 fully saturated rings. The van der Waals surface area contributed by atoms with Crippen LogP contribution in [0.2, 0.25) is 0 Å². The molecular weight excluding hydrogens is 222 g/mol. The molecule has 3 heteroatoms. The van der Waals surface area contributed by atoms with Gasteiger partial charge in [-0.2, -0.15) is 5.10 Å². The summed E-state index contributed by atoms with van der Waals surface area (Å²) in [7, 11) is 1.98. The van der Waals surface area contributed by atoms with Crippen LogP contribution in [-0.4, -0.2) is 9.78 Å². The number of aromatic nitrogens is 2. The third-order valence-corrected chi connectivity index (χ3v) is 3.49. The van der Waals surface area contributed by atoms with Crippen molar-refractivity contribution in [2.24, 2.45) is 7.05 Å². The fourth-order valence-corrected chi connectivity index (χ4v) is 2.13. The molecule has 0 saturated heterocycles. The normalized spacial score (nSPS) is 12.6. The Labute approximate surface area is 109 Å². The molecule has 0 aliphatic rings. The molecule has 1 unspecified atom stereocenters. The molecule has 0 aliphatic carbocycles. The minimum absolute atomic E-state index is 0.408. The average molecular weight is 243 g/mol. The van der Waals surface area contributed by atoms with Crippen molar-refractivity contribution in [3.63, 3.8) is 0 Å². The van der Waals surface area contributed by atoms with Gasteiger partial charge in [0.15, 0.2) is 0 Å². The van der Waals surface area contributed by atoms with Crippen molar-refractivity contribution >= 4 is 0 Å². The first-order valence-corrected chi connectivity index (χ1v) is 6.48. The minimum atomic E-state index is 0.408. The van der Waals surface area contributed by atoms with E-state index in [1.807, 2.05) is 17.9 Å². The van der Waals surface area contributed by atoms with Gasteiger partial charge in [0.2, 0.25) is 0 Å². The van der Waals surface area contributed by atoms with E-state index in [4.69, 9.17) is 0 Å². The molecule has 0 aliphatic heterocycles. The van der Waals surface area contributed by atoms with Crippen LogP contribution >= 0.6 is 0 Å². The summed E-state index contributed by atoms with van der Waals surface area (Å²) in [5.41, 5.74) is 3.85. The highest BCUT2D eigenvalue weighted by Gasteiger charge is 2.10. The molecule has 1 heterocycles. The van der Waals surface area contributed by atoms with E-state index in [1.165, 1.54) is 16.8 Å². The first kappa shape index (κ1) is 12.8. The van der Waals surface area contributed by atoms with Crippen molar-refractivity contribution in [3.05, 3.63) is 53.3 Å². The lowest BCUT2D eigenvalue weighted by Gasteiger charge is -2.17. The van der Waals surface area contributed by atoms with E-state index in [9.17, 15) is 0 Å². The maximum atomic E-state index is 4.27. The van der Waals surface area contributed by atoms with Gasteiger partial charge in [-0.25, -0.2) is 0 Å². The van der Waals surface area contributed by atoms with Crippen LogP contribution in [0, 0.1) is 6.92 Å². The molecule has 1 atom stereocenters. The summed E-state index contributed by atoms with van der Waals surface area (Å²) >= 11 is 0. The Morgan fingerprint density at radius 1 is 1.28 bits per heavy atom. The molecule has 2 aromatic rings. The maximum Gasteiger partial charge on any atom is 0.0537 e. The molecule has 96 valence electrons. The van der Waals surface area contributed by atoms with E-state index in [0.717, 1.165) is 13.0 Å². The summed E-state index contributed by atoms with van der Waals surface area (Å²) in [5.74, 6) is 0. The Balaban J connectivity index is 2.02. The van der Waals surface area contributed by atoms with Gasteiger partial charge in [-0.1, -0.05) is 37.3 Å². The SMILES string of the molecule is CCC(NCc1cnn(C)c1C)c1ccccc1. The largest absolute Gasteiger partial charge is 0.306 e. The van der Waals surface area contributed by atoms with Gasteiger partial charge in [0.25, 0.3) is 0 Å². The van der Waals surface area contributed by atoms with Crippen LogP contribution in [0.1, 0.15) is 36.2 Å². The smallest absolute Gasteiger partial charge is 0.0537 e. The summed E-state index contributed by atoms with van der Waals surface area (Å²) < 4.78 is 1.92. The molecule has 2 rings (SSSR count). The topological polar surface area (TPSA) is 29.9 Å². The number of hydrogen-bond donors (Lipinski definition) is 1. The van der Waals surface area contributed by atoms with Crippen LogP contribution < -0.4 is 5.32 Å². The molecule has 0 amide bonds. The first-order chi connectivity index (χ1) is 8.72. The second-order valence-electron chi connectivity index (χ2n) is 4.63. The third kappa shape index (κ3) is 2.79. The predicted octanol–water partition coefficient (Wildman–Crippen LogP) is 2.97. The van der Waals surface area contributed by atoms with Gasteiger partial charge in [-0.3, -0.25) is 4.68 Å². The fraction of sp³-hybridized carbons (Fsp3) is 0.400. The van der Waals surface area contributed by atoms with Gasteiger partial charge in [-0.05, 0) is 18.9 Å². The van der Waals surface area contributed by atoms with E-state index >= 15 is 0 Å². The van der Waals surface area contributed by atoms with Gasteiger partial charge in [0.1, 0.15) is 0 Å². The summed E-state index contributed by atoms with van der Waals surface area (Å²) in [6, 6.07) is 11.0. The Kier molecular flexibility index (Phi) is 4.15. The van der Waals surface area contributed by atoms with Crippen LogP contribution in [0.3, 0.4) is 0 Å². The molecule has 3 nitrogen and oxygen atoms in total. The number of rotatable bonds is 5. The standard InChI is InChI=1S/C15H21N3/c1-4-15(13-8-6-5-7-9-13)16-10-14-11-17-18(3)12(14)2/h5-9,11,15-16H,4,10H2,1-3H3. The highest BCUT2D eigenvalue weighted by atomic mass is 15.3. The van der Waals surface area contributed by atoms with E-state index in [2.05, 4.69) is 54.6 Å². The number of nitrogens with one attached hydrogen (secondary N) is 1. The lowest BCUT2D eigenvalue weighted by Crippen LogP contribution is -2.20. The number of hydrogen-bond acceptors (Lipinski definition) is 2. The van der Waals surface area contributed by atoms with Crippen molar-refractivity contribution in [2.75, 3.05) is 0 Å². The monoisotopic (exact) mass is 243 g/mol. The number of nitrogens with zero attached hydrogens (tertiary/aromatic N) is 2. The molecule has 1 N–H and O–H groups in total. The lowest BCUT2D eigenvalue weighted by atomic mass is 10.0. The predicted molar refractivity (Wildman–Crippen MR) is 74.3 cm³/mol. The zero-order chi connectivity index (χ0) is 13.0. The molecule has 1 aromatic carbocycles. The van der Waals surface area contributed by atoms with Gasteiger partial charge in [0.05, 0.1) is 6.20 Å². The van der Waals surface area contributed by atoms with Crippen LogP contribution in [0.25, 0.3) is 0 Å². The zero-order valence-electron chi connectivity index (χ0n) is 11.4.